The summed E-state index contributed by atoms with van der Waals surface area (Å²) in [5, 5.41) is 0. The molecule has 1 nitrogen and oxygen atoms in total. The van der Waals surface area contributed by atoms with E-state index >= 15 is 0 Å². The molecule has 1 heteroatoms. The lowest BCUT2D eigenvalue weighted by atomic mass is 10.0. The Hall–Kier alpha value is -0.820. The summed E-state index contributed by atoms with van der Waals surface area (Å²) in [6.07, 6.45) is 6.09. The lowest BCUT2D eigenvalue weighted by Crippen LogP contribution is -1.96. The number of hydrogen-bond acceptors (Lipinski definition) is 1. The topological polar surface area (TPSA) is 9.23 Å². The largest absolute Gasteiger partial charge is 0.381 e. The Morgan fingerprint density at radius 1 is 1.00 bits per heavy atom. The Bertz CT molecular complexity index is 281. The Morgan fingerprint density at radius 3 is 2.56 bits per heavy atom. The summed E-state index contributed by atoms with van der Waals surface area (Å²) in [6.45, 7) is 6.19. The van der Waals surface area contributed by atoms with Gasteiger partial charge in [-0.1, -0.05) is 37.6 Å². The maximum atomic E-state index is 5.46. The van der Waals surface area contributed by atoms with Crippen molar-refractivity contribution in [3.63, 3.8) is 0 Å². The van der Waals surface area contributed by atoms with E-state index in [1.165, 1.54) is 36.8 Å². The molecule has 0 aromatic heterocycles. The number of rotatable bonds is 8. The fourth-order valence-corrected chi connectivity index (χ4v) is 1.83. The second-order valence-electron chi connectivity index (χ2n) is 4.35. The van der Waals surface area contributed by atoms with E-state index in [4.69, 9.17) is 4.74 Å². The van der Waals surface area contributed by atoms with Gasteiger partial charge >= 0.3 is 0 Å². The average Bonchev–Trinajstić information content (AvgIpc) is 2.30. The van der Waals surface area contributed by atoms with Crippen LogP contribution in [0.4, 0.5) is 0 Å². The molecule has 1 aromatic carbocycles. The number of ether oxygens (including phenoxy) is 1. The molecule has 0 aliphatic heterocycles. The van der Waals surface area contributed by atoms with Crippen molar-refractivity contribution < 1.29 is 4.74 Å². The van der Waals surface area contributed by atoms with E-state index in [0.717, 1.165) is 19.6 Å². The second-order valence-corrected chi connectivity index (χ2v) is 4.35. The molecule has 0 radical (unpaired) electrons. The minimum absolute atomic E-state index is 0.914. The van der Waals surface area contributed by atoms with Crippen LogP contribution in [0.2, 0.25) is 0 Å². The standard InChI is InChI=1S/C15H24O/c1-3-12-16-13-8-4-5-10-15-11-7-6-9-14(15)2/h6-7,9,11H,3-5,8,10,12-13H2,1-2H3. The zero-order chi connectivity index (χ0) is 11.6. The molecule has 0 unspecified atom stereocenters. The Balaban J connectivity index is 2.05. The molecule has 1 rings (SSSR count). The average molecular weight is 220 g/mol. The summed E-state index contributed by atoms with van der Waals surface area (Å²) in [6, 6.07) is 8.67. The number of aryl methyl sites for hydroxylation is 2. The van der Waals surface area contributed by atoms with Crippen LogP contribution in [0.3, 0.4) is 0 Å². The smallest absolute Gasteiger partial charge is 0.0466 e. The van der Waals surface area contributed by atoms with Crippen molar-refractivity contribution in [2.24, 2.45) is 0 Å². The highest BCUT2D eigenvalue weighted by molar-refractivity contribution is 5.25. The number of hydrogen-bond donors (Lipinski definition) is 0. The maximum absolute atomic E-state index is 5.46. The molecular weight excluding hydrogens is 196 g/mol. The third-order valence-electron chi connectivity index (χ3n) is 2.84. The molecule has 0 aliphatic carbocycles. The van der Waals surface area contributed by atoms with Gasteiger partial charge in [-0.05, 0) is 43.7 Å². The minimum atomic E-state index is 0.914. The van der Waals surface area contributed by atoms with E-state index in [2.05, 4.69) is 38.1 Å². The molecule has 0 saturated carbocycles. The number of benzene rings is 1. The maximum Gasteiger partial charge on any atom is 0.0466 e. The van der Waals surface area contributed by atoms with Gasteiger partial charge in [0, 0.05) is 13.2 Å². The SMILES string of the molecule is CCCOCCCCCc1ccccc1C. The van der Waals surface area contributed by atoms with Crippen LogP contribution in [-0.4, -0.2) is 13.2 Å². The zero-order valence-corrected chi connectivity index (χ0v) is 10.7. The van der Waals surface area contributed by atoms with Crippen molar-refractivity contribution in [2.75, 3.05) is 13.2 Å². The highest BCUT2D eigenvalue weighted by Crippen LogP contribution is 2.11. The third-order valence-corrected chi connectivity index (χ3v) is 2.84. The summed E-state index contributed by atoms with van der Waals surface area (Å²) >= 11 is 0. The molecule has 0 heterocycles. The van der Waals surface area contributed by atoms with E-state index in [-0.39, 0.29) is 0 Å². The molecule has 0 saturated heterocycles. The summed E-state index contributed by atoms with van der Waals surface area (Å²) in [7, 11) is 0. The van der Waals surface area contributed by atoms with Crippen LogP contribution in [0.5, 0.6) is 0 Å². The number of unbranched alkanes of at least 4 members (excludes halogenated alkanes) is 2. The highest BCUT2D eigenvalue weighted by Gasteiger charge is 1.96. The summed E-state index contributed by atoms with van der Waals surface area (Å²) in [5.41, 5.74) is 2.92. The summed E-state index contributed by atoms with van der Waals surface area (Å²) in [5.74, 6) is 0. The van der Waals surface area contributed by atoms with Gasteiger partial charge in [0.05, 0.1) is 0 Å². The first kappa shape index (κ1) is 13.2. The van der Waals surface area contributed by atoms with E-state index in [1.54, 1.807) is 0 Å². The van der Waals surface area contributed by atoms with Crippen LogP contribution >= 0.6 is 0 Å². The van der Waals surface area contributed by atoms with E-state index in [1.807, 2.05) is 0 Å². The molecule has 1 aromatic rings. The molecule has 0 fully saturated rings. The van der Waals surface area contributed by atoms with Gasteiger partial charge in [0.15, 0.2) is 0 Å². The van der Waals surface area contributed by atoms with Gasteiger partial charge in [0.2, 0.25) is 0 Å². The molecule has 0 atom stereocenters. The first-order chi connectivity index (χ1) is 7.84. The van der Waals surface area contributed by atoms with Gasteiger partial charge in [0.25, 0.3) is 0 Å². The van der Waals surface area contributed by atoms with Crippen molar-refractivity contribution in [3.8, 4) is 0 Å². The monoisotopic (exact) mass is 220 g/mol. The quantitative estimate of drug-likeness (QED) is 0.598. The van der Waals surface area contributed by atoms with Crippen molar-refractivity contribution in [1.82, 2.24) is 0 Å². The Labute approximate surface area is 99.8 Å². The molecule has 0 aliphatic rings. The lowest BCUT2D eigenvalue weighted by Gasteiger charge is -2.05. The van der Waals surface area contributed by atoms with Crippen LogP contribution in [-0.2, 0) is 11.2 Å². The lowest BCUT2D eigenvalue weighted by molar-refractivity contribution is 0.130. The van der Waals surface area contributed by atoms with Crippen molar-refractivity contribution in [1.29, 1.82) is 0 Å². The Kier molecular flexibility index (Phi) is 6.91. The molecule has 0 N–H and O–H groups in total. The molecule has 0 amide bonds. The van der Waals surface area contributed by atoms with Crippen LogP contribution in [0.1, 0.15) is 43.7 Å². The van der Waals surface area contributed by atoms with Crippen molar-refractivity contribution in [2.45, 2.75) is 46.0 Å². The van der Waals surface area contributed by atoms with Gasteiger partial charge in [-0.25, -0.2) is 0 Å². The van der Waals surface area contributed by atoms with Crippen LogP contribution < -0.4 is 0 Å². The van der Waals surface area contributed by atoms with Gasteiger partial charge in [-0.2, -0.15) is 0 Å². The van der Waals surface area contributed by atoms with Crippen molar-refractivity contribution in [3.05, 3.63) is 35.4 Å². The third kappa shape index (κ3) is 5.32. The highest BCUT2D eigenvalue weighted by atomic mass is 16.5. The van der Waals surface area contributed by atoms with Gasteiger partial charge < -0.3 is 4.74 Å². The fraction of sp³-hybridized carbons (Fsp3) is 0.600. The van der Waals surface area contributed by atoms with Crippen LogP contribution in [0.15, 0.2) is 24.3 Å². The van der Waals surface area contributed by atoms with Gasteiger partial charge in [-0.15, -0.1) is 0 Å². The first-order valence-corrected chi connectivity index (χ1v) is 6.47. The minimum Gasteiger partial charge on any atom is -0.381 e. The second kappa shape index (κ2) is 8.35. The first-order valence-electron chi connectivity index (χ1n) is 6.47. The van der Waals surface area contributed by atoms with Gasteiger partial charge in [-0.3, -0.25) is 0 Å². The molecule has 0 spiro atoms. The molecule has 16 heavy (non-hydrogen) atoms. The molecule has 90 valence electrons. The fourth-order valence-electron chi connectivity index (χ4n) is 1.83. The van der Waals surface area contributed by atoms with Gasteiger partial charge in [0.1, 0.15) is 0 Å². The van der Waals surface area contributed by atoms with E-state index in [0.29, 0.717) is 0 Å². The predicted octanol–water partition coefficient (Wildman–Crippen LogP) is 4.13. The molecule has 0 bridgehead atoms. The van der Waals surface area contributed by atoms with Crippen molar-refractivity contribution >= 4 is 0 Å². The van der Waals surface area contributed by atoms with Crippen LogP contribution in [0, 0.1) is 6.92 Å². The Morgan fingerprint density at radius 2 is 1.81 bits per heavy atom. The predicted molar refractivity (Wildman–Crippen MR) is 69.8 cm³/mol. The van der Waals surface area contributed by atoms with E-state index in [9.17, 15) is 0 Å². The van der Waals surface area contributed by atoms with Crippen LogP contribution in [0.25, 0.3) is 0 Å². The molecular formula is C15H24O. The summed E-state index contributed by atoms with van der Waals surface area (Å²) < 4.78 is 5.46. The summed E-state index contributed by atoms with van der Waals surface area (Å²) in [4.78, 5) is 0. The van der Waals surface area contributed by atoms with E-state index < -0.39 is 0 Å². The normalized spacial score (nSPS) is 10.6. The zero-order valence-electron chi connectivity index (χ0n) is 10.7.